The van der Waals surface area contributed by atoms with Crippen molar-refractivity contribution in [3.63, 3.8) is 0 Å². The molecule has 2 aromatic rings. The molecule has 0 saturated heterocycles. The van der Waals surface area contributed by atoms with Crippen molar-refractivity contribution in [2.75, 3.05) is 0 Å². The van der Waals surface area contributed by atoms with Gasteiger partial charge in [0.15, 0.2) is 0 Å². The van der Waals surface area contributed by atoms with Gasteiger partial charge in [-0.2, -0.15) is 0 Å². The second-order valence-corrected chi connectivity index (χ2v) is 6.49. The molecular weight excluding hydrogens is 266 g/mol. The minimum atomic E-state index is -0.404. The first-order valence-corrected chi connectivity index (χ1v) is 7.12. The van der Waals surface area contributed by atoms with Crippen molar-refractivity contribution >= 4 is 23.4 Å². The molecule has 0 amide bonds. The Morgan fingerprint density at radius 2 is 2.05 bits per heavy atom. The van der Waals surface area contributed by atoms with Crippen LogP contribution in [0.15, 0.2) is 31.1 Å². The fourth-order valence-corrected chi connectivity index (χ4v) is 2.24. The largest absolute Gasteiger partial charge is 0.425 e. The van der Waals surface area contributed by atoms with Crippen LogP contribution in [0.1, 0.15) is 27.7 Å². The second-order valence-electron chi connectivity index (χ2n) is 6.49. The molecule has 0 aliphatic carbocycles. The van der Waals surface area contributed by atoms with Crippen LogP contribution in [-0.2, 0) is 4.65 Å². The quantitative estimate of drug-likeness (QED) is 0.675. The zero-order chi connectivity index (χ0) is 15.8. The van der Waals surface area contributed by atoms with Gasteiger partial charge in [-0.05, 0) is 25.4 Å². The predicted octanol–water partition coefficient (Wildman–Crippen LogP) is 3.54. The van der Waals surface area contributed by atoms with E-state index in [0.29, 0.717) is 5.65 Å². The van der Waals surface area contributed by atoms with E-state index in [-0.39, 0.29) is 18.1 Å². The topological polar surface area (TPSA) is 37.9 Å². The summed E-state index contributed by atoms with van der Waals surface area (Å²) < 4.78 is 19.7. The number of hydrogen-bond donors (Lipinski definition) is 1. The standard InChI is InChI=1S/C16H22BFN2O/c1-7-15(2,3)16(4,5)21-17(6)13-10-20-14-12(13)8-11(18)9-19-14/h7-10H,1H2,2-6H3,(H,19,20). The first kappa shape index (κ1) is 15.8. The molecule has 0 aliphatic heterocycles. The van der Waals surface area contributed by atoms with E-state index in [4.69, 9.17) is 4.65 Å². The summed E-state index contributed by atoms with van der Waals surface area (Å²) in [6.45, 7) is 13.9. The molecule has 0 unspecified atom stereocenters. The number of halogens is 1. The van der Waals surface area contributed by atoms with E-state index >= 15 is 0 Å². The number of fused-ring (bicyclic) bond motifs is 1. The van der Waals surface area contributed by atoms with Crippen molar-refractivity contribution in [2.45, 2.75) is 40.1 Å². The zero-order valence-electron chi connectivity index (χ0n) is 13.3. The third-order valence-electron chi connectivity index (χ3n) is 4.50. The van der Waals surface area contributed by atoms with Crippen molar-refractivity contribution < 1.29 is 9.04 Å². The number of hydrogen-bond acceptors (Lipinski definition) is 2. The SMILES string of the molecule is C=CC(C)(C)C(C)(C)OB(C)c1c[nH]c2ncc(F)cc12. The molecule has 0 atom stereocenters. The molecule has 1 N–H and O–H groups in total. The minimum absolute atomic E-state index is 0.184. The second kappa shape index (κ2) is 5.30. The first-order chi connectivity index (χ1) is 9.68. The van der Waals surface area contributed by atoms with Crippen LogP contribution in [0.2, 0.25) is 6.82 Å². The van der Waals surface area contributed by atoms with Gasteiger partial charge >= 0.3 is 6.92 Å². The monoisotopic (exact) mass is 288 g/mol. The number of nitrogens with zero attached hydrogens (tertiary/aromatic N) is 1. The lowest BCUT2D eigenvalue weighted by atomic mass is 9.61. The molecule has 0 saturated carbocycles. The number of nitrogens with one attached hydrogen (secondary N) is 1. The van der Waals surface area contributed by atoms with Gasteiger partial charge < -0.3 is 9.64 Å². The summed E-state index contributed by atoms with van der Waals surface area (Å²) in [7, 11) is 0. The fraction of sp³-hybridized carbons (Fsp3) is 0.438. The Bertz CT molecular complexity index is 663. The molecule has 0 radical (unpaired) electrons. The molecule has 2 rings (SSSR count). The first-order valence-electron chi connectivity index (χ1n) is 7.12. The van der Waals surface area contributed by atoms with Crippen molar-refractivity contribution in [1.82, 2.24) is 9.97 Å². The number of pyridine rings is 1. The van der Waals surface area contributed by atoms with Crippen LogP contribution < -0.4 is 5.46 Å². The fourth-order valence-electron chi connectivity index (χ4n) is 2.24. The highest BCUT2D eigenvalue weighted by Crippen LogP contribution is 2.35. The molecule has 0 bridgehead atoms. The van der Waals surface area contributed by atoms with Crippen molar-refractivity contribution in [3.05, 3.63) is 36.9 Å². The Morgan fingerprint density at radius 3 is 2.67 bits per heavy atom. The molecule has 5 heteroatoms. The molecule has 21 heavy (non-hydrogen) atoms. The molecular formula is C16H22BFN2O. The summed E-state index contributed by atoms with van der Waals surface area (Å²) in [6.07, 6.45) is 4.94. The minimum Gasteiger partial charge on any atom is -0.425 e. The van der Waals surface area contributed by atoms with Crippen molar-refractivity contribution in [1.29, 1.82) is 0 Å². The van der Waals surface area contributed by atoms with Crippen LogP contribution in [-0.4, -0.2) is 22.5 Å². The van der Waals surface area contributed by atoms with Gasteiger partial charge in [0.2, 0.25) is 0 Å². The maximum absolute atomic E-state index is 13.4. The lowest BCUT2D eigenvalue weighted by Crippen LogP contribution is -2.47. The number of aromatic nitrogens is 2. The molecule has 2 heterocycles. The van der Waals surface area contributed by atoms with Gasteiger partial charge in [0, 0.05) is 17.0 Å². The summed E-state index contributed by atoms with van der Waals surface area (Å²) in [5, 5.41) is 0.759. The summed E-state index contributed by atoms with van der Waals surface area (Å²) in [4.78, 5) is 7.10. The molecule has 0 spiro atoms. The molecule has 0 aliphatic rings. The maximum atomic E-state index is 13.4. The molecule has 0 fully saturated rings. The summed E-state index contributed by atoms with van der Waals surface area (Å²) in [5.74, 6) is -0.346. The zero-order valence-corrected chi connectivity index (χ0v) is 13.3. The van der Waals surface area contributed by atoms with Crippen LogP contribution >= 0.6 is 0 Å². The van der Waals surface area contributed by atoms with Gasteiger partial charge in [-0.25, -0.2) is 9.37 Å². The third-order valence-corrected chi connectivity index (χ3v) is 4.50. The van der Waals surface area contributed by atoms with E-state index in [0.717, 1.165) is 10.8 Å². The van der Waals surface area contributed by atoms with E-state index in [1.54, 1.807) is 0 Å². The molecule has 112 valence electrons. The van der Waals surface area contributed by atoms with Gasteiger partial charge in [0.1, 0.15) is 11.5 Å². The highest BCUT2D eigenvalue weighted by Gasteiger charge is 2.37. The number of rotatable bonds is 5. The highest BCUT2D eigenvalue weighted by atomic mass is 19.1. The van der Waals surface area contributed by atoms with E-state index in [1.165, 1.54) is 12.3 Å². The van der Waals surface area contributed by atoms with Crippen molar-refractivity contribution in [3.8, 4) is 0 Å². The lowest BCUT2D eigenvalue weighted by Gasteiger charge is -2.41. The van der Waals surface area contributed by atoms with Gasteiger partial charge in [0.05, 0.1) is 11.8 Å². The Hall–Kier alpha value is -1.62. The van der Waals surface area contributed by atoms with Gasteiger partial charge in [-0.15, -0.1) is 6.58 Å². The van der Waals surface area contributed by atoms with Crippen LogP contribution in [0, 0.1) is 11.2 Å². The average Bonchev–Trinajstić information content (AvgIpc) is 2.80. The Balaban J connectivity index is 2.33. The van der Waals surface area contributed by atoms with Crippen LogP contribution in [0.25, 0.3) is 11.0 Å². The third kappa shape index (κ3) is 2.88. The highest BCUT2D eigenvalue weighted by molar-refractivity contribution is 6.69. The number of aromatic amines is 1. The Labute approximate surface area is 125 Å². The average molecular weight is 288 g/mol. The molecule has 2 aromatic heterocycles. The smallest absolute Gasteiger partial charge is 0.326 e. The van der Waals surface area contributed by atoms with E-state index in [1.807, 2.05) is 32.9 Å². The van der Waals surface area contributed by atoms with Crippen LogP contribution in [0.3, 0.4) is 0 Å². The van der Waals surface area contributed by atoms with Gasteiger partial charge in [0.25, 0.3) is 0 Å². The number of H-pyrrole nitrogens is 1. The predicted molar refractivity (Wildman–Crippen MR) is 86.4 cm³/mol. The maximum Gasteiger partial charge on any atom is 0.326 e. The Morgan fingerprint density at radius 1 is 1.38 bits per heavy atom. The molecule has 3 nitrogen and oxygen atoms in total. The normalized spacial score (nSPS) is 12.7. The van der Waals surface area contributed by atoms with E-state index < -0.39 is 5.60 Å². The summed E-state index contributed by atoms with van der Waals surface area (Å²) >= 11 is 0. The summed E-state index contributed by atoms with van der Waals surface area (Å²) in [6, 6.07) is 1.49. The van der Waals surface area contributed by atoms with E-state index in [2.05, 4.69) is 30.4 Å². The lowest BCUT2D eigenvalue weighted by molar-refractivity contribution is 0.0184. The van der Waals surface area contributed by atoms with Crippen LogP contribution in [0.5, 0.6) is 0 Å². The van der Waals surface area contributed by atoms with E-state index in [9.17, 15) is 4.39 Å². The van der Waals surface area contributed by atoms with Gasteiger partial charge in [-0.1, -0.05) is 26.7 Å². The Kier molecular flexibility index (Phi) is 3.98. The molecule has 0 aromatic carbocycles. The van der Waals surface area contributed by atoms with Crippen molar-refractivity contribution in [2.24, 2.45) is 5.41 Å². The van der Waals surface area contributed by atoms with Crippen LogP contribution in [0.4, 0.5) is 4.39 Å². The van der Waals surface area contributed by atoms with Gasteiger partial charge in [-0.3, -0.25) is 0 Å². The summed E-state index contributed by atoms with van der Waals surface area (Å²) in [5.41, 5.74) is 0.989.